The van der Waals surface area contributed by atoms with Crippen LogP contribution < -0.4 is 11.1 Å². The molecule has 0 aliphatic heterocycles. The lowest BCUT2D eigenvalue weighted by molar-refractivity contribution is 0.0995. The van der Waals surface area contributed by atoms with Crippen LogP contribution in [-0.4, -0.2) is 25.5 Å². The summed E-state index contributed by atoms with van der Waals surface area (Å²) in [7, 11) is -3.61. The largest absolute Gasteiger partial charge is 0.366 e. The van der Waals surface area contributed by atoms with Crippen molar-refractivity contribution in [3.05, 3.63) is 59.2 Å². The molecule has 0 spiro atoms. The van der Waals surface area contributed by atoms with E-state index in [9.17, 15) is 18.0 Å². The molecule has 132 valence electrons. The topological polar surface area (TPSA) is 106 Å². The summed E-state index contributed by atoms with van der Waals surface area (Å²) >= 11 is 0. The van der Waals surface area contributed by atoms with E-state index in [1.165, 1.54) is 12.1 Å². The molecule has 0 unspecified atom stereocenters. The fourth-order valence-electron chi connectivity index (χ4n) is 2.38. The normalized spacial score (nSPS) is 11.4. The second-order valence-electron chi connectivity index (χ2n) is 5.89. The highest BCUT2D eigenvalue weighted by molar-refractivity contribution is 7.92. The van der Waals surface area contributed by atoms with Gasteiger partial charge in [-0.3, -0.25) is 9.59 Å². The highest BCUT2D eigenvalue weighted by Crippen LogP contribution is 2.23. The Morgan fingerprint density at radius 3 is 2.20 bits per heavy atom. The molecule has 2 amide bonds. The van der Waals surface area contributed by atoms with Crippen LogP contribution >= 0.6 is 0 Å². The number of rotatable bonds is 5. The minimum Gasteiger partial charge on any atom is -0.366 e. The van der Waals surface area contributed by atoms with E-state index in [0.717, 1.165) is 0 Å². The lowest BCUT2D eigenvalue weighted by atomic mass is 10.1. The van der Waals surface area contributed by atoms with Crippen molar-refractivity contribution in [2.75, 3.05) is 5.32 Å². The molecule has 2 rings (SSSR count). The maximum atomic E-state index is 12.6. The van der Waals surface area contributed by atoms with Gasteiger partial charge in [-0.1, -0.05) is 18.2 Å². The standard InChI is InChI=1S/C18H20N2O4S/c1-11(2)25(23,24)16-10-5-4-7-14(16)18(22)20-15-9-6-8-13(12(15)3)17(19)21/h4-11H,1-3H3,(H2,19,21)(H,20,22). The lowest BCUT2D eigenvalue weighted by Gasteiger charge is -2.14. The molecular formula is C18H20N2O4S. The zero-order chi connectivity index (χ0) is 18.8. The second-order valence-corrected chi connectivity index (χ2v) is 8.36. The minimum atomic E-state index is -3.61. The third-order valence-electron chi connectivity index (χ3n) is 3.91. The van der Waals surface area contributed by atoms with Crippen LogP contribution in [0.3, 0.4) is 0 Å². The van der Waals surface area contributed by atoms with Gasteiger partial charge in [-0.2, -0.15) is 0 Å². The van der Waals surface area contributed by atoms with E-state index in [0.29, 0.717) is 16.8 Å². The molecule has 2 aromatic carbocycles. The lowest BCUT2D eigenvalue weighted by Crippen LogP contribution is -2.21. The van der Waals surface area contributed by atoms with Crippen LogP contribution in [0.5, 0.6) is 0 Å². The number of nitrogens with two attached hydrogens (primary N) is 1. The van der Waals surface area contributed by atoms with Crippen LogP contribution in [0.4, 0.5) is 5.69 Å². The monoisotopic (exact) mass is 360 g/mol. The highest BCUT2D eigenvalue weighted by Gasteiger charge is 2.25. The molecule has 0 radical (unpaired) electrons. The molecule has 0 atom stereocenters. The van der Waals surface area contributed by atoms with Gasteiger partial charge < -0.3 is 11.1 Å². The van der Waals surface area contributed by atoms with E-state index >= 15 is 0 Å². The van der Waals surface area contributed by atoms with Crippen molar-refractivity contribution in [2.45, 2.75) is 30.9 Å². The molecule has 6 nitrogen and oxygen atoms in total. The predicted octanol–water partition coefficient (Wildman–Crippen LogP) is 2.53. The number of sulfone groups is 1. The van der Waals surface area contributed by atoms with Gasteiger partial charge in [0.2, 0.25) is 5.91 Å². The summed E-state index contributed by atoms with van der Waals surface area (Å²) in [5.41, 5.74) is 6.58. The summed E-state index contributed by atoms with van der Waals surface area (Å²) < 4.78 is 25.0. The molecule has 0 aliphatic rings. The van der Waals surface area contributed by atoms with Crippen molar-refractivity contribution in [2.24, 2.45) is 5.73 Å². The van der Waals surface area contributed by atoms with Gasteiger partial charge in [-0.05, 0) is 50.6 Å². The van der Waals surface area contributed by atoms with Crippen LogP contribution in [0, 0.1) is 6.92 Å². The number of anilines is 1. The van der Waals surface area contributed by atoms with Crippen molar-refractivity contribution in [1.82, 2.24) is 0 Å². The van der Waals surface area contributed by atoms with Crippen molar-refractivity contribution in [3.8, 4) is 0 Å². The third-order valence-corrected chi connectivity index (χ3v) is 6.12. The first-order chi connectivity index (χ1) is 11.7. The molecule has 0 saturated heterocycles. The zero-order valence-electron chi connectivity index (χ0n) is 14.2. The predicted molar refractivity (Wildman–Crippen MR) is 96.4 cm³/mol. The van der Waals surface area contributed by atoms with E-state index in [-0.39, 0.29) is 10.5 Å². The number of nitrogens with one attached hydrogen (secondary N) is 1. The zero-order valence-corrected chi connectivity index (χ0v) is 15.1. The molecule has 0 heterocycles. The SMILES string of the molecule is Cc1c(NC(=O)c2ccccc2S(=O)(=O)C(C)C)cccc1C(N)=O. The molecule has 0 bridgehead atoms. The van der Waals surface area contributed by atoms with Crippen LogP contribution in [-0.2, 0) is 9.84 Å². The summed E-state index contributed by atoms with van der Waals surface area (Å²) in [6.07, 6.45) is 0. The number of amides is 2. The summed E-state index contributed by atoms with van der Waals surface area (Å²) in [5.74, 6) is -1.17. The summed E-state index contributed by atoms with van der Waals surface area (Å²) in [6, 6.07) is 10.8. The van der Waals surface area contributed by atoms with Gasteiger partial charge in [0, 0.05) is 11.3 Å². The Bertz CT molecular complexity index is 934. The number of hydrogen-bond acceptors (Lipinski definition) is 4. The maximum Gasteiger partial charge on any atom is 0.256 e. The van der Waals surface area contributed by atoms with E-state index in [4.69, 9.17) is 5.73 Å². The first-order valence-corrected chi connectivity index (χ1v) is 9.24. The molecule has 0 aromatic heterocycles. The Balaban J connectivity index is 2.45. The van der Waals surface area contributed by atoms with Gasteiger partial charge in [-0.15, -0.1) is 0 Å². The Kier molecular flexibility index (Phi) is 5.27. The summed E-state index contributed by atoms with van der Waals surface area (Å²) in [4.78, 5) is 24.0. The van der Waals surface area contributed by atoms with Crippen molar-refractivity contribution >= 4 is 27.3 Å². The molecule has 3 N–H and O–H groups in total. The molecule has 0 saturated carbocycles. The molecule has 0 fully saturated rings. The van der Waals surface area contributed by atoms with Crippen LogP contribution in [0.25, 0.3) is 0 Å². The number of primary amides is 1. The minimum absolute atomic E-state index is 0.0220. The Labute approximate surface area is 147 Å². The fourth-order valence-corrected chi connectivity index (χ4v) is 3.63. The van der Waals surface area contributed by atoms with Crippen LogP contribution in [0.1, 0.15) is 40.1 Å². The number of hydrogen-bond donors (Lipinski definition) is 2. The van der Waals surface area contributed by atoms with E-state index in [2.05, 4.69) is 5.32 Å². The Morgan fingerprint density at radius 2 is 1.60 bits per heavy atom. The maximum absolute atomic E-state index is 12.6. The quantitative estimate of drug-likeness (QED) is 0.854. The molecule has 25 heavy (non-hydrogen) atoms. The Hall–Kier alpha value is -2.67. The smallest absolute Gasteiger partial charge is 0.256 e. The number of benzene rings is 2. The van der Waals surface area contributed by atoms with E-state index in [1.807, 2.05) is 0 Å². The van der Waals surface area contributed by atoms with E-state index in [1.54, 1.807) is 51.1 Å². The fraction of sp³-hybridized carbons (Fsp3) is 0.222. The van der Waals surface area contributed by atoms with Crippen molar-refractivity contribution in [1.29, 1.82) is 0 Å². The average molecular weight is 360 g/mol. The van der Waals surface area contributed by atoms with Gasteiger partial charge in [0.05, 0.1) is 15.7 Å². The van der Waals surface area contributed by atoms with Crippen LogP contribution in [0.15, 0.2) is 47.4 Å². The van der Waals surface area contributed by atoms with Gasteiger partial charge >= 0.3 is 0 Å². The van der Waals surface area contributed by atoms with Gasteiger partial charge in [0.15, 0.2) is 9.84 Å². The highest BCUT2D eigenvalue weighted by atomic mass is 32.2. The molecule has 0 aliphatic carbocycles. The molecule has 2 aromatic rings. The van der Waals surface area contributed by atoms with Gasteiger partial charge in [-0.25, -0.2) is 8.42 Å². The molecule has 7 heteroatoms. The van der Waals surface area contributed by atoms with Crippen molar-refractivity contribution < 1.29 is 18.0 Å². The first kappa shape index (κ1) is 18.7. The van der Waals surface area contributed by atoms with E-state index < -0.39 is 26.9 Å². The number of carbonyl (C=O) groups excluding carboxylic acids is 2. The number of carbonyl (C=O) groups is 2. The Morgan fingerprint density at radius 1 is 1.00 bits per heavy atom. The summed E-state index contributed by atoms with van der Waals surface area (Å²) in [5, 5.41) is 2.01. The summed E-state index contributed by atoms with van der Waals surface area (Å²) in [6.45, 7) is 4.78. The van der Waals surface area contributed by atoms with Crippen LogP contribution in [0.2, 0.25) is 0 Å². The second kappa shape index (κ2) is 7.06. The average Bonchev–Trinajstić information content (AvgIpc) is 2.56. The first-order valence-electron chi connectivity index (χ1n) is 7.70. The van der Waals surface area contributed by atoms with Gasteiger partial charge in [0.1, 0.15) is 0 Å². The third kappa shape index (κ3) is 3.71. The van der Waals surface area contributed by atoms with Gasteiger partial charge in [0.25, 0.3) is 5.91 Å². The van der Waals surface area contributed by atoms with Crippen molar-refractivity contribution in [3.63, 3.8) is 0 Å². The molecular weight excluding hydrogens is 340 g/mol.